The number of ether oxygens (including phenoxy) is 1. The fourth-order valence-electron chi connectivity index (χ4n) is 3.87. The van der Waals surface area contributed by atoms with Crippen LogP contribution in [0.3, 0.4) is 0 Å². The van der Waals surface area contributed by atoms with Gasteiger partial charge in [-0.15, -0.1) is 5.10 Å². The molecule has 1 aromatic heterocycles. The maximum Gasteiger partial charge on any atom is 0.293 e. The molecule has 4 rings (SSSR count). The van der Waals surface area contributed by atoms with Gasteiger partial charge in [-0.2, -0.15) is 0 Å². The van der Waals surface area contributed by atoms with Gasteiger partial charge in [-0.3, -0.25) is 9.59 Å². The van der Waals surface area contributed by atoms with E-state index in [2.05, 4.69) is 15.4 Å². The number of para-hydroxylation sites is 1. The molecule has 2 aliphatic rings. The lowest BCUT2D eigenvalue weighted by Crippen LogP contribution is -2.57. The second-order valence-electron chi connectivity index (χ2n) is 6.89. The molecule has 2 amide bonds. The number of hydrogen-bond donors (Lipinski definition) is 1. The Morgan fingerprint density at radius 3 is 2.88 bits per heavy atom. The van der Waals surface area contributed by atoms with E-state index in [0.717, 1.165) is 5.69 Å². The van der Waals surface area contributed by atoms with Crippen LogP contribution in [-0.4, -0.2) is 63.3 Å². The number of fused-ring (bicyclic) bond motifs is 1. The van der Waals surface area contributed by atoms with E-state index in [1.165, 1.54) is 6.92 Å². The largest absolute Gasteiger partial charge is 0.381 e. The van der Waals surface area contributed by atoms with Gasteiger partial charge in [-0.05, 0) is 18.6 Å². The van der Waals surface area contributed by atoms with Crippen molar-refractivity contribution in [3.63, 3.8) is 0 Å². The molecule has 1 aromatic carbocycles. The normalized spacial score (nSPS) is 25.0. The highest BCUT2D eigenvalue weighted by atomic mass is 16.5. The lowest BCUT2D eigenvalue weighted by Gasteiger charge is -2.38. The standard InChI is InChI=1S/C18H21N5O3/c1-13(24)20-18-7-8-26-10-14(18)9-22(11-18)17(25)16-19-12-23(21-16)15-5-3-2-4-6-15/h2-6,12,14H,7-11H2,1H3,(H,20,24). The summed E-state index contributed by atoms with van der Waals surface area (Å²) in [5.41, 5.74) is 0.430. The first-order chi connectivity index (χ1) is 12.6. The topological polar surface area (TPSA) is 89.4 Å². The summed E-state index contributed by atoms with van der Waals surface area (Å²) in [7, 11) is 0. The highest BCUT2D eigenvalue weighted by Crippen LogP contribution is 2.34. The second-order valence-corrected chi connectivity index (χ2v) is 6.89. The van der Waals surface area contributed by atoms with Crippen molar-refractivity contribution < 1.29 is 14.3 Å². The Bertz CT molecular complexity index is 821. The van der Waals surface area contributed by atoms with Crippen molar-refractivity contribution in [1.82, 2.24) is 25.0 Å². The molecule has 3 heterocycles. The van der Waals surface area contributed by atoms with E-state index in [0.29, 0.717) is 32.7 Å². The first-order valence-corrected chi connectivity index (χ1v) is 8.70. The molecule has 136 valence electrons. The predicted molar refractivity (Wildman–Crippen MR) is 92.7 cm³/mol. The fraction of sp³-hybridized carbons (Fsp3) is 0.444. The number of benzene rings is 1. The van der Waals surface area contributed by atoms with Crippen molar-refractivity contribution in [1.29, 1.82) is 0 Å². The summed E-state index contributed by atoms with van der Waals surface area (Å²) >= 11 is 0. The summed E-state index contributed by atoms with van der Waals surface area (Å²) < 4.78 is 7.15. The van der Waals surface area contributed by atoms with E-state index in [4.69, 9.17) is 4.74 Å². The van der Waals surface area contributed by atoms with Gasteiger partial charge in [0.2, 0.25) is 11.7 Å². The molecule has 2 atom stereocenters. The predicted octanol–water partition coefficient (Wildman–Crippen LogP) is 0.635. The highest BCUT2D eigenvalue weighted by molar-refractivity contribution is 5.91. The van der Waals surface area contributed by atoms with Gasteiger partial charge in [-0.25, -0.2) is 9.67 Å². The molecule has 2 saturated heterocycles. The molecular formula is C18H21N5O3. The van der Waals surface area contributed by atoms with Crippen molar-refractivity contribution in [2.75, 3.05) is 26.3 Å². The molecule has 1 N–H and O–H groups in total. The quantitative estimate of drug-likeness (QED) is 0.872. The van der Waals surface area contributed by atoms with E-state index in [1.54, 1.807) is 15.9 Å². The molecule has 2 fully saturated rings. The maximum absolute atomic E-state index is 12.9. The van der Waals surface area contributed by atoms with Gasteiger partial charge in [0, 0.05) is 32.5 Å². The summed E-state index contributed by atoms with van der Waals surface area (Å²) in [5, 5.41) is 7.39. The zero-order valence-corrected chi connectivity index (χ0v) is 14.6. The molecule has 0 spiro atoms. The van der Waals surface area contributed by atoms with Crippen LogP contribution < -0.4 is 5.32 Å². The van der Waals surface area contributed by atoms with Crippen LogP contribution in [0.15, 0.2) is 36.7 Å². The molecular weight excluding hydrogens is 334 g/mol. The molecule has 2 aromatic rings. The molecule has 2 aliphatic heterocycles. The minimum absolute atomic E-state index is 0.0836. The summed E-state index contributed by atoms with van der Waals surface area (Å²) in [5.74, 6) is -0.0665. The van der Waals surface area contributed by atoms with Crippen LogP contribution in [-0.2, 0) is 9.53 Å². The van der Waals surface area contributed by atoms with Crippen molar-refractivity contribution in [3.05, 3.63) is 42.5 Å². The van der Waals surface area contributed by atoms with Crippen LogP contribution in [0.2, 0.25) is 0 Å². The van der Waals surface area contributed by atoms with E-state index >= 15 is 0 Å². The Kier molecular flexibility index (Phi) is 4.20. The summed E-state index contributed by atoms with van der Waals surface area (Å²) in [6, 6.07) is 9.52. The Balaban J connectivity index is 1.54. The zero-order valence-electron chi connectivity index (χ0n) is 14.6. The van der Waals surface area contributed by atoms with E-state index in [1.807, 2.05) is 30.3 Å². The van der Waals surface area contributed by atoms with Crippen LogP contribution in [0.25, 0.3) is 5.69 Å². The lowest BCUT2D eigenvalue weighted by atomic mass is 9.83. The van der Waals surface area contributed by atoms with Crippen molar-refractivity contribution >= 4 is 11.8 Å². The van der Waals surface area contributed by atoms with Crippen molar-refractivity contribution in [2.45, 2.75) is 18.9 Å². The molecule has 0 aliphatic carbocycles. The number of hydrogen-bond acceptors (Lipinski definition) is 5. The van der Waals surface area contributed by atoms with Crippen LogP contribution in [0.1, 0.15) is 24.0 Å². The van der Waals surface area contributed by atoms with Crippen LogP contribution in [0.4, 0.5) is 0 Å². The number of aromatic nitrogens is 3. The Morgan fingerprint density at radius 2 is 2.12 bits per heavy atom. The number of amides is 2. The summed E-state index contributed by atoms with van der Waals surface area (Å²) in [6.07, 6.45) is 2.24. The lowest BCUT2D eigenvalue weighted by molar-refractivity contribution is -0.122. The van der Waals surface area contributed by atoms with Gasteiger partial charge < -0.3 is 15.0 Å². The van der Waals surface area contributed by atoms with Crippen molar-refractivity contribution in [2.24, 2.45) is 5.92 Å². The molecule has 26 heavy (non-hydrogen) atoms. The average molecular weight is 355 g/mol. The minimum Gasteiger partial charge on any atom is -0.381 e. The van der Waals surface area contributed by atoms with Crippen LogP contribution >= 0.6 is 0 Å². The van der Waals surface area contributed by atoms with Gasteiger partial charge >= 0.3 is 0 Å². The summed E-state index contributed by atoms with van der Waals surface area (Å²) in [4.78, 5) is 30.5. The first kappa shape index (κ1) is 16.7. The molecule has 8 heteroatoms. The van der Waals surface area contributed by atoms with E-state index < -0.39 is 5.54 Å². The molecule has 8 nitrogen and oxygen atoms in total. The molecule has 2 unspecified atom stereocenters. The van der Waals surface area contributed by atoms with Gasteiger partial charge in [0.25, 0.3) is 5.91 Å². The SMILES string of the molecule is CC(=O)NC12CCOCC1CN(C(=O)c1ncn(-c3ccccc3)n1)C2. The van der Waals surface area contributed by atoms with E-state index in [9.17, 15) is 9.59 Å². The van der Waals surface area contributed by atoms with Gasteiger partial charge in [0.1, 0.15) is 6.33 Å². The van der Waals surface area contributed by atoms with Gasteiger partial charge in [0.15, 0.2) is 0 Å². The third kappa shape index (κ3) is 2.96. The molecule has 0 radical (unpaired) electrons. The Labute approximate surface area is 151 Å². The van der Waals surface area contributed by atoms with Gasteiger partial charge in [0.05, 0.1) is 17.8 Å². The third-order valence-corrected chi connectivity index (χ3v) is 5.12. The van der Waals surface area contributed by atoms with Crippen molar-refractivity contribution in [3.8, 4) is 5.69 Å². The van der Waals surface area contributed by atoms with E-state index in [-0.39, 0.29) is 23.6 Å². The molecule has 0 bridgehead atoms. The smallest absolute Gasteiger partial charge is 0.293 e. The van der Waals surface area contributed by atoms with Crippen LogP contribution in [0.5, 0.6) is 0 Å². The van der Waals surface area contributed by atoms with Crippen LogP contribution in [0, 0.1) is 5.92 Å². The minimum atomic E-state index is -0.415. The number of nitrogens with one attached hydrogen (secondary N) is 1. The Hall–Kier alpha value is -2.74. The maximum atomic E-state index is 12.9. The Morgan fingerprint density at radius 1 is 1.31 bits per heavy atom. The summed E-state index contributed by atoms with van der Waals surface area (Å²) in [6.45, 7) is 3.61. The third-order valence-electron chi connectivity index (χ3n) is 5.12. The first-order valence-electron chi connectivity index (χ1n) is 8.70. The fourth-order valence-corrected chi connectivity index (χ4v) is 3.87. The molecule has 0 saturated carbocycles. The number of carbonyl (C=O) groups is 2. The second kappa shape index (κ2) is 6.53. The number of rotatable bonds is 3. The average Bonchev–Trinajstić information content (AvgIpc) is 3.26. The number of nitrogens with zero attached hydrogens (tertiary/aromatic N) is 4. The number of carbonyl (C=O) groups excluding carboxylic acids is 2. The zero-order chi connectivity index (χ0) is 18.1. The highest BCUT2D eigenvalue weighted by Gasteiger charge is 2.50. The monoisotopic (exact) mass is 355 g/mol. The van der Waals surface area contributed by atoms with Gasteiger partial charge in [-0.1, -0.05) is 18.2 Å². The number of likely N-dealkylation sites (tertiary alicyclic amines) is 1.